The molecular weight excluding hydrogens is 264 g/mol. The van der Waals surface area contributed by atoms with Gasteiger partial charge in [-0.2, -0.15) is 0 Å². The van der Waals surface area contributed by atoms with E-state index in [2.05, 4.69) is 5.32 Å². The Bertz CT molecular complexity index is 682. The molecule has 1 aliphatic heterocycles. The molecule has 4 nitrogen and oxygen atoms in total. The van der Waals surface area contributed by atoms with Gasteiger partial charge in [0, 0.05) is 24.8 Å². The van der Waals surface area contributed by atoms with Crippen LogP contribution in [0.1, 0.15) is 17.9 Å². The van der Waals surface area contributed by atoms with Gasteiger partial charge in [0.05, 0.1) is 5.92 Å². The summed E-state index contributed by atoms with van der Waals surface area (Å²) < 4.78 is 0. The average molecular weight is 280 g/mol. The molecule has 2 aromatic rings. The van der Waals surface area contributed by atoms with Crippen LogP contribution in [0.5, 0.6) is 0 Å². The molecular formula is C17H16N2O2. The zero-order chi connectivity index (χ0) is 14.8. The topological polar surface area (TPSA) is 49.4 Å². The summed E-state index contributed by atoms with van der Waals surface area (Å²) in [6.45, 7) is 0. The second-order valence-electron chi connectivity index (χ2n) is 5.12. The number of amides is 2. The van der Waals surface area contributed by atoms with Crippen molar-refractivity contribution in [1.82, 2.24) is 0 Å². The number of hydrogen-bond donors (Lipinski definition) is 1. The van der Waals surface area contributed by atoms with Crippen LogP contribution in [0.25, 0.3) is 0 Å². The maximum Gasteiger partial charge on any atom is 0.232 e. The molecule has 0 aliphatic carbocycles. The van der Waals surface area contributed by atoms with Crippen molar-refractivity contribution in [2.45, 2.75) is 12.3 Å². The van der Waals surface area contributed by atoms with E-state index in [1.54, 1.807) is 11.9 Å². The number of rotatable bonds is 2. The van der Waals surface area contributed by atoms with E-state index in [0.29, 0.717) is 0 Å². The van der Waals surface area contributed by atoms with Crippen LogP contribution in [-0.4, -0.2) is 18.9 Å². The van der Waals surface area contributed by atoms with E-state index < -0.39 is 5.92 Å². The third-order valence-electron chi connectivity index (χ3n) is 3.78. The first-order valence-corrected chi connectivity index (χ1v) is 6.88. The first kappa shape index (κ1) is 13.4. The number of carbonyl (C=O) groups excluding carboxylic acids is 2. The average Bonchev–Trinajstić information content (AvgIpc) is 2.52. The van der Waals surface area contributed by atoms with Crippen molar-refractivity contribution in [3.8, 4) is 0 Å². The lowest BCUT2D eigenvalue weighted by Crippen LogP contribution is -2.37. The molecule has 106 valence electrons. The Balaban J connectivity index is 1.90. The minimum absolute atomic E-state index is 0.0399. The summed E-state index contributed by atoms with van der Waals surface area (Å²) in [5.41, 5.74) is 2.45. The van der Waals surface area contributed by atoms with Crippen molar-refractivity contribution in [2.24, 2.45) is 0 Å². The fourth-order valence-corrected chi connectivity index (χ4v) is 2.63. The lowest BCUT2D eigenvalue weighted by atomic mass is 9.89. The summed E-state index contributed by atoms with van der Waals surface area (Å²) in [7, 11) is 1.74. The molecule has 1 N–H and O–H groups in total. The summed E-state index contributed by atoms with van der Waals surface area (Å²) >= 11 is 0. The Morgan fingerprint density at radius 1 is 1.10 bits per heavy atom. The van der Waals surface area contributed by atoms with E-state index in [0.717, 1.165) is 16.9 Å². The lowest BCUT2D eigenvalue weighted by Gasteiger charge is -2.30. The fraction of sp³-hybridized carbons (Fsp3) is 0.176. The molecule has 2 aromatic carbocycles. The summed E-state index contributed by atoms with van der Waals surface area (Å²) in [4.78, 5) is 26.2. The monoisotopic (exact) mass is 280 g/mol. The summed E-state index contributed by atoms with van der Waals surface area (Å²) in [6.07, 6.45) is 0.201. The fourth-order valence-electron chi connectivity index (χ4n) is 2.63. The number of benzene rings is 2. The Labute approximate surface area is 123 Å². The minimum atomic E-state index is -0.440. The number of para-hydroxylation sites is 2. The van der Waals surface area contributed by atoms with Crippen LogP contribution >= 0.6 is 0 Å². The highest BCUT2D eigenvalue weighted by atomic mass is 16.2. The molecule has 1 atom stereocenters. The molecule has 2 amide bonds. The largest absolute Gasteiger partial charge is 0.326 e. The van der Waals surface area contributed by atoms with Crippen LogP contribution in [-0.2, 0) is 9.59 Å². The van der Waals surface area contributed by atoms with Gasteiger partial charge in [0.25, 0.3) is 0 Å². The highest BCUT2D eigenvalue weighted by molar-refractivity contribution is 6.05. The molecule has 0 radical (unpaired) electrons. The first-order chi connectivity index (χ1) is 10.2. The number of nitrogens with zero attached hydrogens (tertiary/aromatic N) is 1. The number of fused-ring (bicyclic) bond motifs is 1. The molecule has 0 fully saturated rings. The second kappa shape index (κ2) is 5.40. The van der Waals surface area contributed by atoms with Crippen LogP contribution in [0.3, 0.4) is 0 Å². The van der Waals surface area contributed by atoms with E-state index in [1.807, 2.05) is 54.6 Å². The Hall–Kier alpha value is -2.62. The van der Waals surface area contributed by atoms with Crippen LogP contribution in [0, 0.1) is 0 Å². The molecule has 0 saturated carbocycles. The van der Waals surface area contributed by atoms with Crippen molar-refractivity contribution in [1.29, 1.82) is 0 Å². The van der Waals surface area contributed by atoms with Gasteiger partial charge in [-0.15, -0.1) is 0 Å². The third-order valence-corrected chi connectivity index (χ3v) is 3.78. The van der Waals surface area contributed by atoms with E-state index in [-0.39, 0.29) is 18.2 Å². The molecule has 21 heavy (non-hydrogen) atoms. The van der Waals surface area contributed by atoms with E-state index in [4.69, 9.17) is 0 Å². The number of hydrogen-bond acceptors (Lipinski definition) is 2. The van der Waals surface area contributed by atoms with Crippen LogP contribution in [0.4, 0.5) is 11.4 Å². The quantitative estimate of drug-likeness (QED) is 0.919. The van der Waals surface area contributed by atoms with Gasteiger partial charge in [-0.25, -0.2) is 0 Å². The predicted molar refractivity (Wildman–Crippen MR) is 82.3 cm³/mol. The van der Waals surface area contributed by atoms with Crippen LogP contribution in [0.2, 0.25) is 0 Å². The van der Waals surface area contributed by atoms with E-state index in [9.17, 15) is 9.59 Å². The van der Waals surface area contributed by atoms with Gasteiger partial charge < -0.3 is 10.2 Å². The smallest absolute Gasteiger partial charge is 0.232 e. The molecule has 0 unspecified atom stereocenters. The summed E-state index contributed by atoms with van der Waals surface area (Å²) in [5, 5.41) is 2.88. The van der Waals surface area contributed by atoms with Crippen molar-refractivity contribution < 1.29 is 9.59 Å². The van der Waals surface area contributed by atoms with Gasteiger partial charge in [-0.3, -0.25) is 9.59 Å². The van der Waals surface area contributed by atoms with Gasteiger partial charge in [-0.05, 0) is 23.8 Å². The molecule has 0 bridgehead atoms. The maximum absolute atomic E-state index is 12.5. The van der Waals surface area contributed by atoms with Crippen LogP contribution in [0.15, 0.2) is 54.6 Å². The highest BCUT2D eigenvalue weighted by Crippen LogP contribution is 2.35. The molecule has 1 aliphatic rings. The van der Waals surface area contributed by atoms with Gasteiger partial charge in [0.1, 0.15) is 0 Å². The summed E-state index contributed by atoms with van der Waals surface area (Å²) in [5.74, 6) is -0.623. The third kappa shape index (κ3) is 2.52. The second-order valence-corrected chi connectivity index (χ2v) is 5.12. The highest BCUT2D eigenvalue weighted by Gasteiger charge is 2.33. The van der Waals surface area contributed by atoms with Crippen molar-refractivity contribution >= 4 is 23.2 Å². The minimum Gasteiger partial charge on any atom is -0.326 e. The zero-order valence-corrected chi connectivity index (χ0v) is 11.7. The normalized spacial score (nSPS) is 17.3. The first-order valence-electron chi connectivity index (χ1n) is 6.88. The van der Waals surface area contributed by atoms with Crippen molar-refractivity contribution in [3.63, 3.8) is 0 Å². The van der Waals surface area contributed by atoms with Gasteiger partial charge in [0.15, 0.2) is 0 Å². The molecule has 4 heteroatoms. The maximum atomic E-state index is 12.5. The van der Waals surface area contributed by atoms with Gasteiger partial charge in [0.2, 0.25) is 11.8 Å². The Kier molecular flexibility index (Phi) is 3.44. The standard InChI is InChI=1S/C17H16N2O2/c1-19-15-10-6-5-9-13(15)14(11-16(19)20)17(21)18-12-7-3-2-4-8-12/h2-10,14H,11H2,1H3,(H,18,21)/t14-/m0/s1. The Morgan fingerprint density at radius 2 is 1.76 bits per heavy atom. The molecule has 0 saturated heterocycles. The molecule has 1 heterocycles. The van der Waals surface area contributed by atoms with E-state index >= 15 is 0 Å². The van der Waals surface area contributed by atoms with Crippen LogP contribution < -0.4 is 10.2 Å². The van der Waals surface area contributed by atoms with Crippen molar-refractivity contribution in [3.05, 3.63) is 60.2 Å². The number of anilines is 2. The van der Waals surface area contributed by atoms with Crippen molar-refractivity contribution in [2.75, 3.05) is 17.3 Å². The molecule has 0 spiro atoms. The summed E-state index contributed by atoms with van der Waals surface area (Å²) in [6, 6.07) is 16.8. The number of nitrogens with one attached hydrogen (secondary N) is 1. The lowest BCUT2D eigenvalue weighted by molar-refractivity contribution is -0.124. The van der Waals surface area contributed by atoms with Gasteiger partial charge >= 0.3 is 0 Å². The molecule has 0 aromatic heterocycles. The van der Waals surface area contributed by atoms with Gasteiger partial charge in [-0.1, -0.05) is 36.4 Å². The Morgan fingerprint density at radius 3 is 2.52 bits per heavy atom. The predicted octanol–water partition coefficient (Wildman–Crippen LogP) is 2.78. The van der Waals surface area contributed by atoms with E-state index in [1.165, 1.54) is 0 Å². The zero-order valence-electron chi connectivity index (χ0n) is 11.7. The molecule has 3 rings (SSSR count). The SMILES string of the molecule is CN1C(=O)C[C@H](C(=O)Nc2ccccc2)c2ccccc21. The number of carbonyl (C=O) groups is 2.